The van der Waals surface area contributed by atoms with Crippen molar-refractivity contribution in [3.8, 4) is 0 Å². The highest BCUT2D eigenvalue weighted by Gasteiger charge is 2.38. The minimum absolute atomic E-state index is 0.204. The van der Waals surface area contributed by atoms with E-state index >= 15 is 0 Å². The van der Waals surface area contributed by atoms with Crippen molar-refractivity contribution in [1.82, 2.24) is 15.3 Å². The van der Waals surface area contributed by atoms with Crippen molar-refractivity contribution in [2.24, 2.45) is 0 Å². The van der Waals surface area contributed by atoms with Crippen LogP contribution in [0.25, 0.3) is 10.3 Å². The van der Waals surface area contributed by atoms with Crippen LogP contribution in [0.1, 0.15) is 23.2 Å². The predicted octanol–water partition coefficient (Wildman–Crippen LogP) is 4.23. The number of rotatable bonds is 3. The predicted molar refractivity (Wildman–Crippen MR) is 121 cm³/mol. The molecule has 3 aliphatic rings. The fraction of sp³-hybridized carbons (Fsp3) is 0.368. The fourth-order valence-electron chi connectivity index (χ4n) is 3.66. The number of nitrogens with one attached hydrogen (secondary N) is 2. The number of fused-ring (bicyclic) bond motifs is 4. The van der Waals surface area contributed by atoms with Gasteiger partial charge in [-0.05, 0) is 24.3 Å². The second kappa shape index (κ2) is 9.41. The Bertz CT molecular complexity index is 1180. The van der Waals surface area contributed by atoms with Crippen LogP contribution >= 0.6 is 34.3 Å². The van der Waals surface area contributed by atoms with Crippen LogP contribution in [-0.4, -0.2) is 58.3 Å². The van der Waals surface area contributed by atoms with Gasteiger partial charge in [0.15, 0.2) is 0 Å². The Labute approximate surface area is 198 Å². The third kappa shape index (κ3) is 5.21. The average Bonchev–Trinajstić information content (AvgIpc) is 3.40. The topological polar surface area (TPSA) is 107 Å². The second-order valence-electron chi connectivity index (χ2n) is 7.39. The largest absolute Gasteiger partial charge is 0.490 e. The van der Waals surface area contributed by atoms with Gasteiger partial charge in [-0.3, -0.25) is 4.79 Å². The quantitative estimate of drug-likeness (QED) is 0.475. The first-order valence-corrected chi connectivity index (χ1v) is 11.9. The molecule has 3 N–H and O–H groups in total. The van der Waals surface area contributed by atoms with Gasteiger partial charge in [0, 0.05) is 30.6 Å². The molecule has 14 heteroatoms. The monoisotopic (exact) mass is 519 g/mol. The summed E-state index contributed by atoms with van der Waals surface area (Å²) in [6, 6.07) is 2.77. The molecule has 0 spiro atoms. The molecule has 2 bridgehead atoms. The summed E-state index contributed by atoms with van der Waals surface area (Å²) in [4.78, 5) is 34.1. The number of carbonyl (C=O) groups is 2. The zero-order valence-electron chi connectivity index (χ0n) is 16.7. The molecule has 0 aromatic carbocycles. The van der Waals surface area contributed by atoms with Crippen LogP contribution in [-0.2, 0) is 4.79 Å². The summed E-state index contributed by atoms with van der Waals surface area (Å²) in [6.07, 6.45) is -0.869. The van der Waals surface area contributed by atoms with Crippen LogP contribution in [0.4, 0.5) is 24.7 Å². The summed E-state index contributed by atoms with van der Waals surface area (Å²) in [7, 11) is 0. The minimum Gasteiger partial charge on any atom is -0.475 e. The number of piperidine rings is 2. The minimum atomic E-state index is -5.08. The third-order valence-corrected chi connectivity index (χ3v) is 7.31. The van der Waals surface area contributed by atoms with Crippen LogP contribution < -0.4 is 15.5 Å². The van der Waals surface area contributed by atoms with Crippen LogP contribution in [0.5, 0.6) is 0 Å². The summed E-state index contributed by atoms with van der Waals surface area (Å²) >= 11 is 8.91. The first kappa shape index (κ1) is 23.7. The fourth-order valence-corrected chi connectivity index (χ4v) is 5.32. The normalized spacial score (nSPS) is 19.8. The molecule has 3 aliphatic heterocycles. The smallest absolute Gasteiger partial charge is 0.475 e. The third-order valence-electron chi connectivity index (χ3n) is 5.27. The van der Waals surface area contributed by atoms with E-state index < -0.39 is 12.1 Å². The number of aromatic nitrogens is 2. The van der Waals surface area contributed by atoms with Crippen molar-refractivity contribution in [2.75, 3.05) is 23.3 Å². The lowest BCUT2D eigenvalue weighted by molar-refractivity contribution is -0.192. The number of anilines is 2. The number of carbonyl (C=O) groups excluding carboxylic acids is 1. The van der Waals surface area contributed by atoms with Gasteiger partial charge in [0.05, 0.1) is 17.4 Å². The number of carboxylic acids is 1. The van der Waals surface area contributed by atoms with Crippen LogP contribution in [0.15, 0.2) is 23.0 Å². The zero-order chi connectivity index (χ0) is 23.8. The molecule has 2 atom stereocenters. The molecule has 8 nitrogen and oxygen atoms in total. The molecule has 6 heterocycles. The van der Waals surface area contributed by atoms with Crippen molar-refractivity contribution >= 4 is 68.0 Å². The first-order chi connectivity index (χ1) is 15.6. The van der Waals surface area contributed by atoms with E-state index in [0.29, 0.717) is 33.2 Å². The van der Waals surface area contributed by atoms with Gasteiger partial charge in [-0.15, -0.1) is 22.7 Å². The number of piperazine rings is 1. The molecule has 1 amide bonds. The highest BCUT2D eigenvalue weighted by molar-refractivity contribution is 7.17. The summed E-state index contributed by atoms with van der Waals surface area (Å²) in [5.74, 6) is -2.10. The number of amides is 1. The lowest BCUT2D eigenvalue weighted by Crippen LogP contribution is -2.61. The lowest BCUT2D eigenvalue weighted by Gasteiger charge is -2.46. The molecule has 6 rings (SSSR count). The Balaban J connectivity index is 0.000000325. The molecular weight excluding hydrogens is 503 g/mol. The Hall–Kier alpha value is -2.48. The zero-order valence-corrected chi connectivity index (χ0v) is 19.1. The van der Waals surface area contributed by atoms with E-state index in [9.17, 15) is 18.0 Å². The van der Waals surface area contributed by atoms with Gasteiger partial charge in [0.1, 0.15) is 20.5 Å². The lowest BCUT2D eigenvalue weighted by atomic mass is 9.93. The van der Waals surface area contributed by atoms with Gasteiger partial charge in [0.25, 0.3) is 5.91 Å². The molecule has 0 radical (unpaired) electrons. The van der Waals surface area contributed by atoms with Crippen molar-refractivity contribution in [2.45, 2.75) is 31.1 Å². The van der Waals surface area contributed by atoms with Crippen molar-refractivity contribution < 1.29 is 27.9 Å². The molecule has 0 unspecified atom stereocenters. The van der Waals surface area contributed by atoms with Gasteiger partial charge in [-0.25, -0.2) is 14.8 Å². The van der Waals surface area contributed by atoms with Crippen LogP contribution in [0, 0.1) is 0 Å². The number of thiophene rings is 2. The summed E-state index contributed by atoms with van der Waals surface area (Å²) in [6.45, 7) is 1.93. The molecule has 176 valence electrons. The van der Waals surface area contributed by atoms with Crippen LogP contribution in [0.3, 0.4) is 0 Å². The Kier molecular flexibility index (Phi) is 6.75. The number of hydrogen-bond donors (Lipinski definition) is 3. The molecule has 3 aromatic rings. The molecular formula is C19H17ClF3N5O3S2. The molecule has 3 aromatic heterocycles. The van der Waals surface area contributed by atoms with Gasteiger partial charge >= 0.3 is 12.1 Å². The standard InChI is InChI=1S/C17H16ClN5OS2.C2HF3O2/c18-15-12(3-4-25-15)21-16(24)11-8-26-17-14(11)22-13(6-20-17)23-7-9-1-2-10(23)5-19-9;3-2(4,5)1(6)7/h3-4,6,8-10,19H,1-2,5,7H2,(H,21,24);(H,6,7)/t9-,10-;/m0./s1. The number of hydrogen-bond acceptors (Lipinski definition) is 8. The number of aliphatic carboxylic acids is 1. The van der Waals surface area contributed by atoms with Crippen LogP contribution in [0.2, 0.25) is 4.34 Å². The number of halogens is 4. The number of alkyl halides is 3. The molecule has 0 saturated carbocycles. The SMILES string of the molecule is O=C(Nc1ccsc1Cl)c1csc2ncc(N3C[C@@H]4CC[C@H]3CN4)nc12.O=C(O)C(F)(F)F. The maximum absolute atomic E-state index is 12.7. The summed E-state index contributed by atoms with van der Waals surface area (Å²) in [5, 5.41) is 17.2. The van der Waals surface area contributed by atoms with E-state index in [0.717, 1.165) is 23.7 Å². The highest BCUT2D eigenvalue weighted by Crippen LogP contribution is 2.32. The second-order valence-corrected chi connectivity index (χ2v) is 9.76. The van der Waals surface area contributed by atoms with Gasteiger partial charge < -0.3 is 20.6 Å². The van der Waals surface area contributed by atoms with E-state index in [2.05, 4.69) is 20.5 Å². The summed E-state index contributed by atoms with van der Waals surface area (Å²) < 4.78 is 32.3. The number of carboxylic acid groups (broad SMARTS) is 1. The molecule has 3 fully saturated rings. The Morgan fingerprint density at radius 3 is 2.61 bits per heavy atom. The highest BCUT2D eigenvalue weighted by atomic mass is 35.5. The Morgan fingerprint density at radius 1 is 1.30 bits per heavy atom. The van der Waals surface area contributed by atoms with Crippen molar-refractivity contribution in [1.29, 1.82) is 0 Å². The molecule has 33 heavy (non-hydrogen) atoms. The molecule has 3 saturated heterocycles. The number of nitrogens with zero attached hydrogens (tertiary/aromatic N) is 3. The van der Waals surface area contributed by atoms with E-state index in [1.165, 1.54) is 35.5 Å². The van der Waals surface area contributed by atoms with Gasteiger partial charge in [-0.1, -0.05) is 11.6 Å². The van der Waals surface area contributed by atoms with Gasteiger partial charge in [0.2, 0.25) is 0 Å². The van der Waals surface area contributed by atoms with Gasteiger partial charge in [-0.2, -0.15) is 13.2 Å². The molecule has 0 aliphatic carbocycles. The summed E-state index contributed by atoms with van der Waals surface area (Å²) in [5.41, 5.74) is 1.83. The first-order valence-electron chi connectivity index (χ1n) is 9.72. The van der Waals surface area contributed by atoms with E-state index in [1.54, 1.807) is 6.07 Å². The van der Waals surface area contributed by atoms with E-state index in [1.807, 2.05) is 17.0 Å². The maximum atomic E-state index is 12.7. The maximum Gasteiger partial charge on any atom is 0.490 e. The average molecular weight is 520 g/mol. The van der Waals surface area contributed by atoms with E-state index in [4.69, 9.17) is 26.5 Å². The van der Waals surface area contributed by atoms with E-state index in [-0.39, 0.29) is 5.91 Å². The van der Waals surface area contributed by atoms with Crippen molar-refractivity contribution in [3.63, 3.8) is 0 Å². The Morgan fingerprint density at radius 2 is 2.06 bits per heavy atom. The van der Waals surface area contributed by atoms with Crippen molar-refractivity contribution in [3.05, 3.63) is 32.9 Å².